The number of benzene rings is 1. The number of rotatable bonds is 2. The number of aromatic amines is 1. The number of hydrogen-bond donors (Lipinski definition) is 2. The molecule has 19 heavy (non-hydrogen) atoms. The molecule has 0 saturated carbocycles. The predicted molar refractivity (Wildman–Crippen MR) is 76.5 cm³/mol. The Morgan fingerprint density at radius 1 is 1.37 bits per heavy atom. The molecule has 6 heteroatoms. The lowest BCUT2D eigenvalue weighted by molar-refractivity contribution is 0.100. The van der Waals surface area contributed by atoms with Gasteiger partial charge in [0.2, 0.25) is 0 Å². The van der Waals surface area contributed by atoms with Gasteiger partial charge in [-0.05, 0) is 25.0 Å². The van der Waals surface area contributed by atoms with Crippen LogP contribution in [0.3, 0.4) is 0 Å². The van der Waals surface area contributed by atoms with Crippen LogP contribution in [0.2, 0.25) is 0 Å². The smallest absolute Gasteiger partial charge is 0.258 e. The summed E-state index contributed by atoms with van der Waals surface area (Å²) in [5, 5.41) is 1.06. The molecule has 3 rings (SSSR count). The first-order valence-corrected chi connectivity index (χ1v) is 7.13. The minimum absolute atomic E-state index is 0.153. The van der Waals surface area contributed by atoms with Gasteiger partial charge in [-0.2, -0.15) is 0 Å². The second kappa shape index (κ2) is 5.22. The molecule has 0 bridgehead atoms. The Morgan fingerprint density at radius 3 is 2.95 bits per heavy atom. The summed E-state index contributed by atoms with van der Waals surface area (Å²) in [6.07, 6.45) is 3.49. The van der Waals surface area contributed by atoms with Crippen molar-refractivity contribution in [2.24, 2.45) is 0 Å². The fraction of sp³-hybridized carbons (Fsp3) is 0.385. The van der Waals surface area contributed by atoms with Crippen LogP contribution in [-0.2, 0) is 4.74 Å². The van der Waals surface area contributed by atoms with Gasteiger partial charge in [-0.15, -0.1) is 11.8 Å². The maximum absolute atomic E-state index is 11.7. The first kappa shape index (κ1) is 12.5. The number of nitrogens with one attached hydrogen (secondary N) is 1. The van der Waals surface area contributed by atoms with Gasteiger partial charge in [-0.1, -0.05) is 0 Å². The molecule has 0 spiro atoms. The van der Waals surface area contributed by atoms with Crippen molar-refractivity contribution in [2.45, 2.75) is 23.0 Å². The number of nitrogens with zero attached hydrogens (tertiary/aromatic N) is 1. The summed E-state index contributed by atoms with van der Waals surface area (Å²) in [4.78, 5) is 19.4. The maximum atomic E-state index is 11.7. The van der Waals surface area contributed by atoms with E-state index in [0.717, 1.165) is 31.0 Å². The highest BCUT2D eigenvalue weighted by Crippen LogP contribution is 2.34. The van der Waals surface area contributed by atoms with Crippen LogP contribution >= 0.6 is 11.8 Å². The molecule has 0 amide bonds. The molecular weight excluding hydrogens is 262 g/mol. The number of nitrogens with two attached hydrogens (primary N) is 1. The fourth-order valence-corrected chi connectivity index (χ4v) is 3.35. The van der Waals surface area contributed by atoms with Crippen molar-refractivity contribution in [1.82, 2.24) is 9.97 Å². The lowest BCUT2D eigenvalue weighted by Crippen LogP contribution is -2.17. The lowest BCUT2D eigenvalue weighted by Gasteiger charge is -2.22. The van der Waals surface area contributed by atoms with E-state index >= 15 is 0 Å². The highest BCUT2D eigenvalue weighted by atomic mass is 32.2. The summed E-state index contributed by atoms with van der Waals surface area (Å²) in [5.41, 5.74) is 7.22. The first-order chi connectivity index (χ1) is 9.24. The number of fused-ring (bicyclic) bond motifs is 1. The third kappa shape index (κ3) is 2.59. The largest absolute Gasteiger partial charge is 0.398 e. The Kier molecular flexibility index (Phi) is 3.44. The average molecular weight is 277 g/mol. The van der Waals surface area contributed by atoms with Gasteiger partial charge < -0.3 is 15.5 Å². The van der Waals surface area contributed by atoms with Crippen LogP contribution < -0.4 is 11.3 Å². The molecular formula is C13H15N3O2S. The zero-order valence-electron chi connectivity index (χ0n) is 10.4. The van der Waals surface area contributed by atoms with Crippen molar-refractivity contribution in [2.75, 3.05) is 18.9 Å². The molecule has 0 atom stereocenters. The molecule has 2 heterocycles. The van der Waals surface area contributed by atoms with Crippen molar-refractivity contribution in [3.05, 3.63) is 28.8 Å². The van der Waals surface area contributed by atoms with E-state index in [0.29, 0.717) is 21.8 Å². The number of ether oxygens (including phenoxy) is 1. The van der Waals surface area contributed by atoms with Crippen molar-refractivity contribution < 1.29 is 4.74 Å². The standard InChI is InChI=1S/C13H15N3O2S/c14-10-5-9-11(15-7-16-13(9)17)6-12(10)19-8-1-3-18-4-2-8/h5-8H,1-4,14H2,(H,15,16,17). The number of thioether (sulfide) groups is 1. The van der Waals surface area contributed by atoms with E-state index in [1.807, 2.05) is 6.07 Å². The summed E-state index contributed by atoms with van der Waals surface area (Å²) < 4.78 is 5.35. The van der Waals surface area contributed by atoms with Gasteiger partial charge in [0.25, 0.3) is 5.56 Å². The number of nitrogen functional groups attached to an aromatic ring is 1. The molecule has 5 nitrogen and oxygen atoms in total. The Bertz CT molecular complexity index is 650. The number of anilines is 1. The van der Waals surface area contributed by atoms with Crippen LogP contribution in [0.4, 0.5) is 5.69 Å². The van der Waals surface area contributed by atoms with E-state index in [1.54, 1.807) is 17.8 Å². The van der Waals surface area contributed by atoms with E-state index in [9.17, 15) is 4.79 Å². The normalized spacial score (nSPS) is 16.8. The Morgan fingerprint density at radius 2 is 2.16 bits per heavy atom. The van der Waals surface area contributed by atoms with Gasteiger partial charge in [-0.3, -0.25) is 4.79 Å². The van der Waals surface area contributed by atoms with Crippen LogP contribution in [0.25, 0.3) is 10.9 Å². The summed E-state index contributed by atoms with van der Waals surface area (Å²) in [7, 11) is 0. The molecule has 1 saturated heterocycles. The van der Waals surface area contributed by atoms with Gasteiger partial charge >= 0.3 is 0 Å². The summed E-state index contributed by atoms with van der Waals surface area (Å²) >= 11 is 1.75. The minimum atomic E-state index is -0.153. The maximum Gasteiger partial charge on any atom is 0.258 e. The molecule has 1 aliphatic heterocycles. The van der Waals surface area contributed by atoms with Gasteiger partial charge in [0, 0.05) is 29.0 Å². The Labute approximate surface area is 114 Å². The van der Waals surface area contributed by atoms with Gasteiger partial charge in [0.15, 0.2) is 0 Å². The van der Waals surface area contributed by atoms with E-state index in [-0.39, 0.29) is 5.56 Å². The molecule has 3 N–H and O–H groups in total. The fourth-order valence-electron chi connectivity index (χ4n) is 2.19. The minimum Gasteiger partial charge on any atom is -0.398 e. The monoisotopic (exact) mass is 277 g/mol. The number of aromatic nitrogens is 2. The van der Waals surface area contributed by atoms with Gasteiger partial charge in [0.1, 0.15) is 0 Å². The molecule has 2 aromatic rings. The molecule has 1 aromatic carbocycles. The molecule has 1 fully saturated rings. The van der Waals surface area contributed by atoms with Crippen LogP contribution in [0.5, 0.6) is 0 Å². The molecule has 0 aliphatic carbocycles. The molecule has 0 radical (unpaired) electrons. The van der Waals surface area contributed by atoms with E-state index in [4.69, 9.17) is 10.5 Å². The molecule has 1 aromatic heterocycles. The van der Waals surface area contributed by atoms with Crippen LogP contribution in [0.1, 0.15) is 12.8 Å². The zero-order chi connectivity index (χ0) is 13.2. The highest BCUT2D eigenvalue weighted by molar-refractivity contribution is 8.00. The predicted octanol–water partition coefficient (Wildman–Crippen LogP) is 1.78. The number of hydrogen-bond acceptors (Lipinski definition) is 5. The van der Waals surface area contributed by atoms with Crippen molar-refractivity contribution in [3.8, 4) is 0 Å². The second-order valence-corrected chi connectivity index (χ2v) is 5.91. The van der Waals surface area contributed by atoms with Crippen LogP contribution in [0, 0.1) is 0 Å². The Hall–Kier alpha value is -1.53. The van der Waals surface area contributed by atoms with Crippen LogP contribution in [0.15, 0.2) is 28.2 Å². The zero-order valence-corrected chi connectivity index (χ0v) is 11.2. The van der Waals surface area contributed by atoms with Crippen molar-refractivity contribution >= 4 is 28.4 Å². The first-order valence-electron chi connectivity index (χ1n) is 6.25. The molecule has 1 aliphatic rings. The van der Waals surface area contributed by atoms with Crippen molar-refractivity contribution in [3.63, 3.8) is 0 Å². The van der Waals surface area contributed by atoms with Crippen LogP contribution in [-0.4, -0.2) is 28.4 Å². The molecule has 0 unspecified atom stereocenters. The van der Waals surface area contributed by atoms with E-state index in [2.05, 4.69) is 9.97 Å². The van der Waals surface area contributed by atoms with E-state index in [1.165, 1.54) is 6.33 Å². The third-order valence-corrected chi connectivity index (χ3v) is 4.65. The average Bonchev–Trinajstić information content (AvgIpc) is 2.42. The highest BCUT2D eigenvalue weighted by Gasteiger charge is 2.17. The SMILES string of the molecule is Nc1cc2c(=O)[nH]cnc2cc1SC1CCOCC1. The molecule has 100 valence electrons. The third-order valence-electron chi connectivity index (χ3n) is 3.23. The summed E-state index contributed by atoms with van der Waals surface area (Å²) in [6.45, 7) is 1.62. The second-order valence-electron chi connectivity index (χ2n) is 4.57. The van der Waals surface area contributed by atoms with Crippen molar-refractivity contribution in [1.29, 1.82) is 0 Å². The summed E-state index contributed by atoms with van der Waals surface area (Å²) in [5.74, 6) is 0. The van der Waals surface area contributed by atoms with Gasteiger partial charge in [0.05, 0.1) is 17.2 Å². The number of H-pyrrole nitrogens is 1. The summed E-state index contributed by atoms with van der Waals surface area (Å²) in [6, 6.07) is 3.61. The topological polar surface area (TPSA) is 81.0 Å². The Balaban J connectivity index is 1.95. The quantitative estimate of drug-likeness (QED) is 0.818. The van der Waals surface area contributed by atoms with E-state index < -0.39 is 0 Å². The lowest BCUT2D eigenvalue weighted by atomic mass is 10.2. The van der Waals surface area contributed by atoms with Gasteiger partial charge in [-0.25, -0.2) is 4.98 Å².